The van der Waals surface area contributed by atoms with Crippen molar-refractivity contribution >= 4 is 32.7 Å². The maximum absolute atomic E-state index is 11.9. The molecule has 8 heteroatoms. The van der Waals surface area contributed by atoms with Crippen LogP contribution in [0.25, 0.3) is 0 Å². The van der Waals surface area contributed by atoms with E-state index < -0.39 is 10.0 Å². The van der Waals surface area contributed by atoms with Gasteiger partial charge in [-0.25, -0.2) is 18.1 Å². The van der Waals surface area contributed by atoms with Crippen LogP contribution in [0.2, 0.25) is 0 Å². The van der Waals surface area contributed by atoms with Gasteiger partial charge in [0.15, 0.2) is 0 Å². The Morgan fingerprint density at radius 2 is 2.19 bits per heavy atom. The van der Waals surface area contributed by atoms with E-state index in [0.717, 1.165) is 11.4 Å². The number of nitrogens with one attached hydrogen (secondary N) is 2. The topological polar surface area (TPSA) is 97.1 Å². The van der Waals surface area contributed by atoms with Crippen LogP contribution in [-0.4, -0.2) is 20.4 Å². The summed E-state index contributed by atoms with van der Waals surface area (Å²) in [5.41, 5.74) is 7.03. The van der Waals surface area contributed by atoms with Gasteiger partial charge in [0, 0.05) is 11.6 Å². The molecule has 1 aromatic carbocycles. The quantitative estimate of drug-likeness (QED) is 0.707. The van der Waals surface area contributed by atoms with Crippen molar-refractivity contribution in [3.8, 4) is 0 Å². The van der Waals surface area contributed by atoms with Crippen molar-refractivity contribution in [3.05, 3.63) is 34.8 Å². The fourth-order valence-electron chi connectivity index (χ4n) is 1.88. The van der Waals surface area contributed by atoms with Crippen molar-refractivity contribution in [2.75, 3.05) is 18.1 Å². The molecule has 1 aromatic heterocycles. The summed E-state index contributed by atoms with van der Waals surface area (Å²) in [6.45, 7) is 2.03. The van der Waals surface area contributed by atoms with E-state index in [1.54, 1.807) is 23.6 Å². The number of nitrogens with zero attached hydrogens (tertiary/aromatic N) is 1. The molecule has 0 saturated heterocycles. The van der Waals surface area contributed by atoms with Crippen LogP contribution in [0.4, 0.5) is 11.4 Å². The lowest BCUT2D eigenvalue weighted by Crippen LogP contribution is -2.19. The van der Waals surface area contributed by atoms with Gasteiger partial charge >= 0.3 is 0 Å². The number of anilines is 2. The zero-order chi connectivity index (χ0) is 15.5. The SMILES string of the molecule is CCC(Nc1cc(S(=O)(=O)NC)ccc1N)c1nccs1. The lowest BCUT2D eigenvalue weighted by atomic mass is 10.2. The smallest absolute Gasteiger partial charge is 0.240 e. The molecule has 6 nitrogen and oxygen atoms in total. The van der Waals surface area contributed by atoms with Gasteiger partial charge < -0.3 is 11.1 Å². The minimum Gasteiger partial charge on any atom is -0.397 e. The van der Waals surface area contributed by atoms with Crippen LogP contribution in [0.5, 0.6) is 0 Å². The Morgan fingerprint density at radius 3 is 2.76 bits per heavy atom. The molecule has 4 N–H and O–H groups in total. The van der Waals surface area contributed by atoms with E-state index in [0.29, 0.717) is 11.4 Å². The predicted octanol–water partition coefficient (Wildman–Crippen LogP) is 2.20. The number of rotatable bonds is 6. The van der Waals surface area contributed by atoms with Gasteiger partial charge in [-0.1, -0.05) is 6.92 Å². The number of nitrogen functional groups attached to an aromatic ring is 1. The van der Waals surface area contributed by atoms with E-state index >= 15 is 0 Å². The molecule has 0 aliphatic carbocycles. The zero-order valence-electron chi connectivity index (χ0n) is 11.8. The Hall–Kier alpha value is -1.64. The Morgan fingerprint density at radius 1 is 1.43 bits per heavy atom. The van der Waals surface area contributed by atoms with Crippen molar-refractivity contribution in [3.63, 3.8) is 0 Å². The van der Waals surface area contributed by atoms with E-state index in [4.69, 9.17) is 5.73 Å². The number of thiazole rings is 1. The second kappa shape index (κ2) is 6.42. The predicted molar refractivity (Wildman–Crippen MR) is 85.9 cm³/mol. The lowest BCUT2D eigenvalue weighted by Gasteiger charge is -2.18. The van der Waals surface area contributed by atoms with Crippen molar-refractivity contribution in [2.24, 2.45) is 0 Å². The molecule has 1 atom stereocenters. The third-order valence-electron chi connectivity index (χ3n) is 3.09. The zero-order valence-corrected chi connectivity index (χ0v) is 13.5. The van der Waals surface area contributed by atoms with Gasteiger partial charge in [0.1, 0.15) is 5.01 Å². The van der Waals surface area contributed by atoms with Crippen molar-refractivity contribution in [1.82, 2.24) is 9.71 Å². The number of hydrogen-bond acceptors (Lipinski definition) is 6. The summed E-state index contributed by atoms with van der Waals surface area (Å²) in [5, 5.41) is 6.12. The molecule has 2 rings (SSSR count). The molecule has 1 heterocycles. The molecule has 0 saturated carbocycles. The van der Waals surface area contributed by atoms with Gasteiger partial charge in [-0.2, -0.15) is 0 Å². The second-order valence-corrected chi connectivity index (χ2v) is 7.24. The molecular formula is C13H18N4O2S2. The first kappa shape index (κ1) is 15.7. The minimum absolute atomic E-state index is 0.000148. The Labute approximate surface area is 128 Å². The van der Waals surface area contributed by atoms with Gasteiger partial charge in [0.2, 0.25) is 10.0 Å². The highest BCUT2D eigenvalue weighted by Crippen LogP contribution is 2.29. The molecule has 0 aliphatic heterocycles. The molecule has 0 aliphatic rings. The first-order valence-electron chi connectivity index (χ1n) is 6.47. The summed E-state index contributed by atoms with van der Waals surface area (Å²) < 4.78 is 26.0. The molecule has 0 bridgehead atoms. The maximum atomic E-state index is 11.9. The normalized spacial score (nSPS) is 13.0. The third-order valence-corrected chi connectivity index (χ3v) is 5.39. The van der Waals surface area contributed by atoms with Crippen molar-refractivity contribution in [2.45, 2.75) is 24.3 Å². The summed E-state index contributed by atoms with van der Waals surface area (Å²) in [5.74, 6) is 0. The highest BCUT2D eigenvalue weighted by Gasteiger charge is 2.16. The number of hydrogen-bond donors (Lipinski definition) is 3. The number of aromatic nitrogens is 1. The van der Waals surface area contributed by atoms with E-state index in [1.807, 2.05) is 12.3 Å². The highest BCUT2D eigenvalue weighted by atomic mass is 32.2. The average Bonchev–Trinajstić information content (AvgIpc) is 3.00. The van der Waals surface area contributed by atoms with Crippen molar-refractivity contribution < 1.29 is 8.42 Å². The second-order valence-electron chi connectivity index (χ2n) is 4.43. The summed E-state index contributed by atoms with van der Waals surface area (Å²) in [4.78, 5) is 4.46. The number of benzene rings is 1. The minimum atomic E-state index is -3.49. The summed E-state index contributed by atoms with van der Waals surface area (Å²) >= 11 is 1.55. The molecule has 0 fully saturated rings. The van der Waals surface area contributed by atoms with Gasteiger partial charge in [0.25, 0.3) is 0 Å². The van der Waals surface area contributed by atoms with Gasteiger partial charge in [-0.15, -0.1) is 11.3 Å². The van der Waals surface area contributed by atoms with Crippen LogP contribution in [0, 0.1) is 0 Å². The third kappa shape index (κ3) is 3.52. The molecular weight excluding hydrogens is 308 g/mol. The average molecular weight is 326 g/mol. The highest BCUT2D eigenvalue weighted by molar-refractivity contribution is 7.89. The van der Waals surface area contributed by atoms with Gasteiger partial charge in [-0.3, -0.25) is 0 Å². The van der Waals surface area contributed by atoms with Gasteiger partial charge in [-0.05, 0) is 31.7 Å². The Balaban J connectivity index is 2.33. The molecule has 1 unspecified atom stereocenters. The fourth-order valence-corrected chi connectivity index (χ4v) is 3.41. The number of sulfonamides is 1. The lowest BCUT2D eigenvalue weighted by molar-refractivity contribution is 0.588. The van der Waals surface area contributed by atoms with E-state index in [1.165, 1.54) is 19.2 Å². The standard InChI is InChI=1S/C13H18N4O2S2/c1-3-11(13-16-6-7-20-13)17-12-8-9(4-5-10(12)14)21(18,19)15-2/h4-8,11,15,17H,3,14H2,1-2H3. The molecule has 114 valence electrons. The maximum Gasteiger partial charge on any atom is 0.240 e. The molecule has 21 heavy (non-hydrogen) atoms. The van der Waals surface area contributed by atoms with Crippen LogP contribution < -0.4 is 15.8 Å². The molecule has 0 spiro atoms. The van der Waals surface area contributed by atoms with E-state index in [-0.39, 0.29) is 10.9 Å². The fraction of sp³-hybridized carbons (Fsp3) is 0.308. The van der Waals surface area contributed by atoms with E-state index in [2.05, 4.69) is 15.0 Å². The summed E-state index contributed by atoms with van der Waals surface area (Å²) in [6.07, 6.45) is 2.56. The van der Waals surface area contributed by atoms with Gasteiger partial charge in [0.05, 0.1) is 22.3 Å². The first-order valence-corrected chi connectivity index (χ1v) is 8.83. The van der Waals surface area contributed by atoms with Crippen LogP contribution >= 0.6 is 11.3 Å². The molecule has 0 radical (unpaired) electrons. The molecule has 2 aromatic rings. The van der Waals surface area contributed by atoms with Crippen LogP contribution in [0.3, 0.4) is 0 Å². The molecule has 0 amide bonds. The van der Waals surface area contributed by atoms with Crippen LogP contribution in [0.15, 0.2) is 34.7 Å². The van der Waals surface area contributed by atoms with Crippen molar-refractivity contribution in [1.29, 1.82) is 0 Å². The number of nitrogens with two attached hydrogens (primary N) is 1. The Bertz CT molecular complexity index is 699. The summed E-state index contributed by atoms with van der Waals surface area (Å²) in [7, 11) is -2.11. The first-order chi connectivity index (χ1) is 9.97. The van der Waals surface area contributed by atoms with E-state index in [9.17, 15) is 8.42 Å². The van der Waals surface area contributed by atoms with Crippen LogP contribution in [0.1, 0.15) is 24.4 Å². The van der Waals surface area contributed by atoms with Crippen LogP contribution in [-0.2, 0) is 10.0 Å². The largest absolute Gasteiger partial charge is 0.397 e. The Kier molecular flexibility index (Phi) is 4.81. The monoisotopic (exact) mass is 326 g/mol. The summed E-state index contributed by atoms with van der Waals surface area (Å²) in [6, 6.07) is 4.61.